The summed E-state index contributed by atoms with van der Waals surface area (Å²) in [5, 5.41) is 7.15. The zero-order valence-corrected chi connectivity index (χ0v) is 17.6. The van der Waals surface area contributed by atoms with Crippen LogP contribution in [0.25, 0.3) is 11.3 Å². The second-order valence-electron chi connectivity index (χ2n) is 7.42. The first-order valence-corrected chi connectivity index (χ1v) is 10.1. The lowest BCUT2D eigenvalue weighted by Gasteiger charge is -2.34. The molecule has 3 aromatic rings. The quantitative estimate of drug-likeness (QED) is 0.658. The zero-order chi connectivity index (χ0) is 21.8. The van der Waals surface area contributed by atoms with E-state index in [0.717, 1.165) is 16.9 Å². The normalized spacial score (nSPS) is 14.5. The molecule has 7 nitrogen and oxygen atoms in total. The number of hydrogen-bond donors (Lipinski definition) is 1. The third-order valence-corrected chi connectivity index (χ3v) is 5.47. The Morgan fingerprint density at radius 1 is 1.06 bits per heavy atom. The molecule has 0 spiro atoms. The molecule has 1 aliphatic heterocycles. The Bertz CT molecular complexity index is 1060. The van der Waals surface area contributed by atoms with E-state index in [0.29, 0.717) is 49.9 Å². The van der Waals surface area contributed by atoms with Gasteiger partial charge in [-0.2, -0.15) is 5.10 Å². The standard InChI is InChI=1S/C23H25FN4O3/c1-30-19-5-3-4-16(13-19)20-14-21(26-25-20)23(29)28-10-8-27(9-11-28)15-17-12-18(24)6-7-22(17)31-2/h3-7,12-14H,8-11,15H2,1-2H3,(H,25,26). The summed E-state index contributed by atoms with van der Waals surface area (Å²) in [7, 11) is 3.19. The highest BCUT2D eigenvalue weighted by molar-refractivity contribution is 5.93. The third-order valence-electron chi connectivity index (χ3n) is 5.47. The molecule has 1 amide bonds. The molecule has 0 bridgehead atoms. The van der Waals surface area contributed by atoms with Crippen molar-refractivity contribution in [2.24, 2.45) is 0 Å². The van der Waals surface area contributed by atoms with Crippen molar-refractivity contribution in [3.8, 4) is 22.8 Å². The molecule has 1 aliphatic rings. The van der Waals surface area contributed by atoms with E-state index in [1.807, 2.05) is 29.2 Å². The highest BCUT2D eigenvalue weighted by Crippen LogP contribution is 2.24. The van der Waals surface area contributed by atoms with Crippen molar-refractivity contribution in [1.29, 1.82) is 0 Å². The van der Waals surface area contributed by atoms with Gasteiger partial charge in [-0.15, -0.1) is 0 Å². The van der Waals surface area contributed by atoms with Crippen molar-refractivity contribution in [3.05, 3.63) is 65.6 Å². The number of nitrogens with zero attached hydrogens (tertiary/aromatic N) is 3. The maximum absolute atomic E-state index is 13.6. The first kappa shape index (κ1) is 20.9. The van der Waals surface area contributed by atoms with Gasteiger partial charge in [-0.3, -0.25) is 14.8 Å². The number of amides is 1. The molecule has 0 atom stereocenters. The van der Waals surface area contributed by atoms with Gasteiger partial charge in [0.25, 0.3) is 5.91 Å². The minimum atomic E-state index is -0.282. The van der Waals surface area contributed by atoms with E-state index < -0.39 is 0 Å². The summed E-state index contributed by atoms with van der Waals surface area (Å²) < 4.78 is 24.2. The summed E-state index contributed by atoms with van der Waals surface area (Å²) in [5.41, 5.74) is 2.83. The summed E-state index contributed by atoms with van der Waals surface area (Å²) in [6.45, 7) is 3.14. The highest BCUT2D eigenvalue weighted by atomic mass is 19.1. The molecule has 1 aromatic heterocycles. The molecule has 0 aliphatic carbocycles. The molecule has 8 heteroatoms. The van der Waals surface area contributed by atoms with Crippen LogP contribution in [0.2, 0.25) is 0 Å². The number of methoxy groups -OCH3 is 2. The minimum Gasteiger partial charge on any atom is -0.497 e. The van der Waals surface area contributed by atoms with E-state index >= 15 is 0 Å². The maximum atomic E-state index is 13.6. The van der Waals surface area contributed by atoms with Gasteiger partial charge in [0, 0.05) is 43.9 Å². The Morgan fingerprint density at radius 2 is 1.87 bits per heavy atom. The average molecular weight is 424 g/mol. The van der Waals surface area contributed by atoms with Crippen molar-refractivity contribution >= 4 is 5.91 Å². The molecule has 31 heavy (non-hydrogen) atoms. The number of H-pyrrole nitrogens is 1. The van der Waals surface area contributed by atoms with Gasteiger partial charge < -0.3 is 14.4 Å². The number of rotatable bonds is 6. The van der Waals surface area contributed by atoms with Crippen LogP contribution in [0, 0.1) is 5.82 Å². The number of halogens is 1. The second kappa shape index (κ2) is 9.18. The van der Waals surface area contributed by atoms with Crippen LogP contribution in [0.1, 0.15) is 16.1 Å². The monoisotopic (exact) mass is 424 g/mol. The van der Waals surface area contributed by atoms with Crippen molar-refractivity contribution in [2.75, 3.05) is 40.4 Å². The number of nitrogens with one attached hydrogen (secondary N) is 1. The molecular weight excluding hydrogens is 399 g/mol. The van der Waals surface area contributed by atoms with E-state index in [9.17, 15) is 9.18 Å². The first-order chi connectivity index (χ1) is 15.1. The molecule has 162 valence electrons. The number of ether oxygens (including phenoxy) is 2. The number of benzene rings is 2. The maximum Gasteiger partial charge on any atom is 0.271 e. The summed E-state index contributed by atoms with van der Waals surface area (Å²) in [6, 6.07) is 13.8. The summed E-state index contributed by atoms with van der Waals surface area (Å²) in [5.74, 6) is 1.04. The fourth-order valence-corrected chi connectivity index (χ4v) is 3.75. The van der Waals surface area contributed by atoms with Crippen molar-refractivity contribution in [1.82, 2.24) is 20.0 Å². The van der Waals surface area contributed by atoms with Crippen LogP contribution in [0.15, 0.2) is 48.5 Å². The first-order valence-electron chi connectivity index (χ1n) is 10.1. The Labute approximate surface area is 180 Å². The van der Waals surface area contributed by atoms with Gasteiger partial charge >= 0.3 is 0 Å². The van der Waals surface area contributed by atoms with Crippen LogP contribution in [0.4, 0.5) is 4.39 Å². The van der Waals surface area contributed by atoms with Gasteiger partial charge in [-0.05, 0) is 36.4 Å². The van der Waals surface area contributed by atoms with Gasteiger partial charge in [0.2, 0.25) is 0 Å². The Balaban J connectivity index is 1.38. The van der Waals surface area contributed by atoms with Crippen LogP contribution in [0.3, 0.4) is 0 Å². The van der Waals surface area contributed by atoms with E-state index in [1.54, 1.807) is 26.4 Å². The van der Waals surface area contributed by atoms with Crippen LogP contribution < -0.4 is 9.47 Å². The van der Waals surface area contributed by atoms with E-state index in [1.165, 1.54) is 12.1 Å². The van der Waals surface area contributed by atoms with Gasteiger partial charge in [0.1, 0.15) is 23.0 Å². The predicted molar refractivity (Wildman–Crippen MR) is 115 cm³/mol. The SMILES string of the molecule is COc1cccc(-c2cc(C(=O)N3CCN(Cc4cc(F)ccc4OC)CC3)[nH]n2)c1. The minimum absolute atomic E-state index is 0.0790. The smallest absolute Gasteiger partial charge is 0.271 e. The molecule has 4 rings (SSSR count). The van der Waals surface area contributed by atoms with Gasteiger partial charge in [0.15, 0.2) is 0 Å². The lowest BCUT2D eigenvalue weighted by molar-refractivity contribution is 0.0621. The number of hydrogen-bond acceptors (Lipinski definition) is 5. The largest absolute Gasteiger partial charge is 0.497 e. The topological polar surface area (TPSA) is 70.7 Å². The molecular formula is C23H25FN4O3. The molecule has 0 radical (unpaired) electrons. The lowest BCUT2D eigenvalue weighted by atomic mass is 10.1. The Hall–Kier alpha value is -3.39. The van der Waals surface area contributed by atoms with E-state index in [4.69, 9.17) is 9.47 Å². The van der Waals surface area contributed by atoms with Crippen LogP contribution >= 0.6 is 0 Å². The van der Waals surface area contributed by atoms with Crippen LogP contribution in [-0.2, 0) is 6.54 Å². The molecule has 1 N–H and O–H groups in total. The summed E-state index contributed by atoms with van der Waals surface area (Å²) >= 11 is 0. The van der Waals surface area contributed by atoms with Crippen LogP contribution in [-0.4, -0.2) is 66.3 Å². The van der Waals surface area contributed by atoms with Gasteiger partial charge in [-0.25, -0.2) is 4.39 Å². The number of aromatic nitrogens is 2. The number of piperazine rings is 1. The predicted octanol–water partition coefficient (Wildman–Crippen LogP) is 3.19. The second-order valence-corrected chi connectivity index (χ2v) is 7.42. The zero-order valence-electron chi connectivity index (χ0n) is 17.6. The number of aromatic amines is 1. The average Bonchev–Trinajstić information content (AvgIpc) is 3.30. The lowest BCUT2D eigenvalue weighted by Crippen LogP contribution is -2.48. The van der Waals surface area contributed by atoms with Gasteiger partial charge in [-0.1, -0.05) is 12.1 Å². The number of carbonyl (C=O) groups is 1. The summed E-state index contributed by atoms with van der Waals surface area (Å²) in [6.07, 6.45) is 0. The van der Waals surface area contributed by atoms with Gasteiger partial charge in [0.05, 0.1) is 19.9 Å². The van der Waals surface area contributed by atoms with E-state index in [-0.39, 0.29) is 11.7 Å². The molecule has 1 fully saturated rings. The van der Waals surface area contributed by atoms with Crippen LogP contribution in [0.5, 0.6) is 11.5 Å². The van der Waals surface area contributed by atoms with E-state index in [2.05, 4.69) is 15.1 Å². The van der Waals surface area contributed by atoms with Crippen molar-refractivity contribution in [3.63, 3.8) is 0 Å². The number of carbonyl (C=O) groups excluding carboxylic acids is 1. The molecule has 2 aromatic carbocycles. The molecule has 1 saturated heterocycles. The highest BCUT2D eigenvalue weighted by Gasteiger charge is 2.24. The fourth-order valence-electron chi connectivity index (χ4n) is 3.75. The Kier molecular flexibility index (Phi) is 6.18. The molecule has 2 heterocycles. The van der Waals surface area contributed by atoms with Crippen molar-refractivity contribution < 1.29 is 18.7 Å². The third kappa shape index (κ3) is 4.69. The fraction of sp³-hybridized carbons (Fsp3) is 0.304. The molecule has 0 unspecified atom stereocenters. The Morgan fingerprint density at radius 3 is 2.61 bits per heavy atom. The van der Waals surface area contributed by atoms with Crippen molar-refractivity contribution in [2.45, 2.75) is 6.54 Å². The molecule has 0 saturated carbocycles. The summed E-state index contributed by atoms with van der Waals surface area (Å²) in [4.78, 5) is 16.9.